The van der Waals surface area contributed by atoms with E-state index in [9.17, 15) is 23.3 Å². The van der Waals surface area contributed by atoms with Crippen LogP contribution in [0.3, 0.4) is 0 Å². The largest absolute Gasteiger partial charge is 0.373 e. The van der Waals surface area contributed by atoms with Gasteiger partial charge in [0.2, 0.25) is 15.9 Å². The number of rotatable bonds is 6. The molecule has 0 saturated carbocycles. The molecule has 1 aliphatic rings. The minimum atomic E-state index is -3.90. The van der Waals surface area contributed by atoms with Crippen LogP contribution in [0.25, 0.3) is 0 Å². The van der Waals surface area contributed by atoms with E-state index >= 15 is 0 Å². The van der Waals surface area contributed by atoms with Crippen molar-refractivity contribution in [3.05, 3.63) is 28.3 Å². The molecule has 1 aromatic carbocycles. The number of nitrogens with one attached hydrogen (secondary N) is 2. The number of carbonyl (C=O) groups excluding carboxylic acids is 1. The number of amides is 1. The van der Waals surface area contributed by atoms with Gasteiger partial charge in [-0.3, -0.25) is 14.9 Å². The van der Waals surface area contributed by atoms with E-state index in [0.29, 0.717) is 13.1 Å². The van der Waals surface area contributed by atoms with Gasteiger partial charge >= 0.3 is 0 Å². The maximum atomic E-state index is 13.0. The van der Waals surface area contributed by atoms with E-state index in [1.54, 1.807) is 6.92 Å². The lowest BCUT2D eigenvalue weighted by molar-refractivity contribution is -0.385. The summed E-state index contributed by atoms with van der Waals surface area (Å²) in [5, 5.41) is 16.8. The lowest BCUT2D eigenvalue weighted by Gasteiger charge is -2.25. The molecule has 0 radical (unpaired) electrons. The third-order valence-electron chi connectivity index (χ3n) is 4.12. The molecule has 27 heavy (non-hydrogen) atoms. The van der Waals surface area contributed by atoms with Crippen molar-refractivity contribution in [3.63, 3.8) is 0 Å². The topological polar surface area (TPSA) is 122 Å². The van der Waals surface area contributed by atoms with E-state index < -0.39 is 26.5 Å². The van der Waals surface area contributed by atoms with Crippen LogP contribution in [0.5, 0.6) is 0 Å². The number of benzene rings is 1. The van der Waals surface area contributed by atoms with Crippen molar-refractivity contribution in [2.75, 3.05) is 18.4 Å². The molecule has 2 rings (SSSR count). The quantitative estimate of drug-likeness (QED) is 0.559. The van der Waals surface area contributed by atoms with Crippen molar-refractivity contribution in [2.45, 2.75) is 57.0 Å². The van der Waals surface area contributed by atoms with Gasteiger partial charge < -0.3 is 10.6 Å². The van der Waals surface area contributed by atoms with Gasteiger partial charge in [0.05, 0.1) is 10.6 Å². The van der Waals surface area contributed by atoms with Gasteiger partial charge in [0.1, 0.15) is 10.9 Å². The third-order valence-corrected chi connectivity index (χ3v) is 6.06. The van der Waals surface area contributed by atoms with E-state index in [1.807, 2.05) is 20.8 Å². The lowest BCUT2D eigenvalue weighted by Crippen LogP contribution is -2.47. The molecule has 10 heteroatoms. The van der Waals surface area contributed by atoms with E-state index in [2.05, 4.69) is 10.6 Å². The predicted octanol–water partition coefficient (Wildman–Crippen LogP) is 2.09. The zero-order valence-electron chi connectivity index (χ0n) is 16.0. The fourth-order valence-electron chi connectivity index (χ4n) is 2.80. The summed E-state index contributed by atoms with van der Waals surface area (Å²) in [6.45, 7) is 7.88. The second kappa shape index (κ2) is 7.81. The number of anilines is 1. The van der Waals surface area contributed by atoms with Crippen LogP contribution >= 0.6 is 0 Å². The maximum absolute atomic E-state index is 13.0. The average molecular weight is 398 g/mol. The van der Waals surface area contributed by atoms with Gasteiger partial charge in [0.15, 0.2) is 0 Å². The van der Waals surface area contributed by atoms with Crippen LogP contribution in [-0.4, -0.2) is 48.2 Å². The first-order chi connectivity index (χ1) is 12.4. The Balaban J connectivity index is 2.38. The summed E-state index contributed by atoms with van der Waals surface area (Å²) in [4.78, 5) is 22.6. The van der Waals surface area contributed by atoms with Gasteiger partial charge in [-0.25, -0.2) is 8.42 Å². The molecule has 2 N–H and O–H groups in total. The zero-order valence-corrected chi connectivity index (χ0v) is 16.8. The van der Waals surface area contributed by atoms with Crippen molar-refractivity contribution < 1.29 is 18.1 Å². The van der Waals surface area contributed by atoms with Gasteiger partial charge in [-0.05, 0) is 46.6 Å². The Morgan fingerprint density at radius 3 is 2.37 bits per heavy atom. The zero-order chi connectivity index (χ0) is 20.4. The number of hydrogen-bond acceptors (Lipinski definition) is 6. The van der Waals surface area contributed by atoms with Crippen molar-refractivity contribution in [1.29, 1.82) is 0 Å². The van der Waals surface area contributed by atoms with Crippen molar-refractivity contribution >= 4 is 27.3 Å². The number of sulfonamides is 1. The van der Waals surface area contributed by atoms with Crippen molar-refractivity contribution in [1.82, 2.24) is 9.62 Å². The van der Waals surface area contributed by atoms with Crippen LogP contribution in [-0.2, 0) is 14.8 Å². The molecule has 1 saturated heterocycles. The number of non-ortho nitro benzene ring substituents is 1. The summed E-state index contributed by atoms with van der Waals surface area (Å²) < 4.78 is 27.3. The van der Waals surface area contributed by atoms with Crippen LogP contribution in [0.4, 0.5) is 11.4 Å². The monoisotopic (exact) mass is 398 g/mol. The summed E-state index contributed by atoms with van der Waals surface area (Å²) >= 11 is 0. The van der Waals surface area contributed by atoms with Crippen LogP contribution in [0.1, 0.15) is 40.5 Å². The molecular weight excluding hydrogens is 372 g/mol. The maximum Gasteiger partial charge on any atom is 0.270 e. The highest BCUT2D eigenvalue weighted by molar-refractivity contribution is 7.89. The van der Waals surface area contributed by atoms with E-state index in [4.69, 9.17) is 0 Å². The highest BCUT2D eigenvalue weighted by Crippen LogP contribution is 2.31. The average Bonchev–Trinajstić information content (AvgIpc) is 3.08. The van der Waals surface area contributed by atoms with Gasteiger partial charge in [-0.2, -0.15) is 4.31 Å². The Labute approximate surface area is 159 Å². The van der Waals surface area contributed by atoms with Crippen LogP contribution < -0.4 is 10.6 Å². The Bertz CT molecular complexity index is 826. The molecule has 1 aromatic rings. The summed E-state index contributed by atoms with van der Waals surface area (Å²) in [6, 6.07) is 2.88. The number of nitro groups is 1. The first-order valence-electron chi connectivity index (χ1n) is 8.79. The van der Waals surface area contributed by atoms with E-state index in [0.717, 1.165) is 18.9 Å². The highest BCUT2D eigenvalue weighted by Gasteiger charge is 2.32. The Morgan fingerprint density at radius 2 is 1.85 bits per heavy atom. The molecule has 0 aromatic heterocycles. The fourth-order valence-corrected chi connectivity index (χ4v) is 4.49. The standard InChI is InChI=1S/C17H26N4O5S/c1-12(16(22)19-17(2,3)4)18-14-8-7-13(21(23)24)11-15(14)27(25,26)20-9-5-6-10-20/h7-8,11-12,18H,5-6,9-10H2,1-4H3,(H,19,22)/t12-/m0/s1. The second-order valence-electron chi connectivity index (χ2n) is 7.65. The van der Waals surface area contributed by atoms with Gasteiger partial charge in [-0.1, -0.05) is 0 Å². The minimum absolute atomic E-state index is 0.170. The Morgan fingerprint density at radius 1 is 1.26 bits per heavy atom. The molecule has 0 bridgehead atoms. The molecule has 0 spiro atoms. The minimum Gasteiger partial charge on any atom is -0.373 e. The lowest BCUT2D eigenvalue weighted by atomic mass is 10.1. The van der Waals surface area contributed by atoms with Crippen LogP contribution in [0.2, 0.25) is 0 Å². The third kappa shape index (κ3) is 5.16. The number of hydrogen-bond donors (Lipinski definition) is 2. The highest BCUT2D eigenvalue weighted by atomic mass is 32.2. The van der Waals surface area contributed by atoms with Gasteiger partial charge in [0.25, 0.3) is 5.69 Å². The molecule has 1 amide bonds. The molecule has 0 aliphatic carbocycles. The smallest absolute Gasteiger partial charge is 0.270 e. The molecule has 0 unspecified atom stereocenters. The molecule has 1 fully saturated rings. The summed E-state index contributed by atoms with van der Waals surface area (Å²) in [7, 11) is -3.90. The summed E-state index contributed by atoms with van der Waals surface area (Å²) in [5.74, 6) is -0.301. The number of nitro benzene ring substituents is 1. The van der Waals surface area contributed by atoms with Crippen molar-refractivity contribution in [2.24, 2.45) is 0 Å². The Hall–Kier alpha value is -2.20. The normalized spacial score (nSPS) is 16.7. The van der Waals surface area contributed by atoms with Gasteiger partial charge in [0, 0.05) is 30.8 Å². The van der Waals surface area contributed by atoms with E-state index in [-0.39, 0.29) is 22.2 Å². The van der Waals surface area contributed by atoms with E-state index in [1.165, 1.54) is 16.4 Å². The second-order valence-corrected chi connectivity index (χ2v) is 9.56. The molecule has 1 aliphatic heterocycles. The predicted molar refractivity (Wildman–Crippen MR) is 102 cm³/mol. The number of nitrogens with zero attached hydrogens (tertiary/aromatic N) is 2. The molecular formula is C17H26N4O5S. The van der Waals surface area contributed by atoms with Gasteiger partial charge in [-0.15, -0.1) is 0 Å². The molecule has 9 nitrogen and oxygen atoms in total. The number of carbonyl (C=O) groups is 1. The van der Waals surface area contributed by atoms with Crippen molar-refractivity contribution in [3.8, 4) is 0 Å². The first-order valence-corrected chi connectivity index (χ1v) is 10.2. The fraction of sp³-hybridized carbons (Fsp3) is 0.588. The summed E-state index contributed by atoms with van der Waals surface area (Å²) in [6.07, 6.45) is 1.50. The molecule has 150 valence electrons. The molecule has 1 heterocycles. The van der Waals surface area contributed by atoms with Crippen LogP contribution in [0.15, 0.2) is 23.1 Å². The van der Waals surface area contributed by atoms with Crippen LogP contribution in [0, 0.1) is 10.1 Å². The summed E-state index contributed by atoms with van der Waals surface area (Å²) in [5.41, 5.74) is -0.582. The first kappa shape index (κ1) is 21.1. The molecule has 1 atom stereocenters. The SMILES string of the molecule is C[C@H](Nc1ccc([N+](=O)[O-])cc1S(=O)(=O)N1CCCC1)C(=O)NC(C)(C)C. The Kier molecular flexibility index (Phi) is 6.10.